The van der Waals surface area contributed by atoms with Crippen LogP contribution in [0.15, 0.2) is 73.1 Å². The lowest BCUT2D eigenvalue weighted by molar-refractivity contribution is -0.137. The first-order valence-electron chi connectivity index (χ1n) is 12.1. The maximum Gasteiger partial charge on any atom is 0.416 e. The van der Waals surface area contributed by atoms with Gasteiger partial charge in [-0.15, -0.1) is 10.2 Å². The Bertz CT molecular complexity index is 1410. The molecule has 1 aliphatic heterocycles. The molecule has 2 aromatic carbocycles. The third kappa shape index (κ3) is 5.31. The number of hydrogen-bond donors (Lipinski definition) is 1. The number of ether oxygens (including phenoxy) is 1. The number of imidazole rings is 1. The first-order valence-corrected chi connectivity index (χ1v) is 12.1. The summed E-state index contributed by atoms with van der Waals surface area (Å²) in [4.78, 5) is 19.4. The molecule has 8 nitrogen and oxygen atoms in total. The van der Waals surface area contributed by atoms with E-state index in [1.807, 2.05) is 58.1 Å². The number of anilines is 2. The third-order valence-corrected chi connectivity index (χ3v) is 6.46. The highest BCUT2D eigenvalue weighted by molar-refractivity contribution is 5.94. The molecule has 0 radical (unpaired) electrons. The van der Waals surface area contributed by atoms with Gasteiger partial charge in [0.2, 0.25) is 5.91 Å². The van der Waals surface area contributed by atoms with Crippen LogP contribution in [-0.2, 0) is 11.0 Å². The number of hydrogen-bond acceptors (Lipinski definition) is 6. The second-order valence-corrected chi connectivity index (χ2v) is 8.92. The van der Waals surface area contributed by atoms with Crippen LogP contribution < -0.4 is 15.0 Å². The number of rotatable bonds is 6. The molecule has 3 heterocycles. The molecule has 1 saturated heterocycles. The Morgan fingerprint density at radius 1 is 1.05 bits per heavy atom. The average molecular weight is 523 g/mol. The van der Waals surface area contributed by atoms with Crippen molar-refractivity contribution in [1.29, 1.82) is 0 Å². The second-order valence-electron chi connectivity index (χ2n) is 8.92. The van der Waals surface area contributed by atoms with Crippen LogP contribution in [-0.4, -0.2) is 45.9 Å². The van der Waals surface area contributed by atoms with E-state index >= 15 is 0 Å². The molecule has 11 heteroatoms. The summed E-state index contributed by atoms with van der Waals surface area (Å²) < 4.78 is 46.6. The third-order valence-electron chi connectivity index (χ3n) is 6.46. The Labute approximate surface area is 217 Å². The van der Waals surface area contributed by atoms with Crippen LogP contribution in [0.3, 0.4) is 0 Å². The molecule has 1 N–H and O–H groups in total. The minimum Gasteiger partial charge on any atom is -0.495 e. The minimum absolute atomic E-state index is 0.0110. The van der Waals surface area contributed by atoms with Crippen LogP contribution in [0.4, 0.5) is 24.7 Å². The summed E-state index contributed by atoms with van der Waals surface area (Å²) in [5.74, 6) is 1.31. The zero-order valence-electron chi connectivity index (χ0n) is 20.5. The number of halogens is 3. The number of nitrogens with one attached hydrogen (secondary N) is 1. The van der Waals surface area contributed by atoms with E-state index in [4.69, 9.17) is 4.74 Å². The van der Waals surface area contributed by atoms with Crippen molar-refractivity contribution in [3.8, 4) is 23.0 Å². The lowest BCUT2D eigenvalue weighted by atomic mass is 9.97. The normalized spacial score (nSPS) is 15.8. The van der Waals surface area contributed by atoms with Gasteiger partial charge in [-0.2, -0.15) is 13.2 Å². The van der Waals surface area contributed by atoms with Crippen LogP contribution in [0.1, 0.15) is 18.4 Å². The zero-order valence-corrected chi connectivity index (χ0v) is 20.5. The molecule has 5 rings (SSSR count). The zero-order chi connectivity index (χ0) is 26.7. The van der Waals surface area contributed by atoms with E-state index in [-0.39, 0.29) is 17.3 Å². The number of carbonyl (C=O) groups excluding carboxylic acids is 1. The molecule has 0 bridgehead atoms. The number of amides is 1. The minimum atomic E-state index is -4.53. The largest absolute Gasteiger partial charge is 0.495 e. The monoisotopic (exact) mass is 522 g/mol. The van der Waals surface area contributed by atoms with Gasteiger partial charge in [0.1, 0.15) is 11.6 Å². The van der Waals surface area contributed by atoms with E-state index in [1.165, 1.54) is 13.2 Å². The maximum absolute atomic E-state index is 13.2. The highest BCUT2D eigenvalue weighted by Gasteiger charge is 2.32. The van der Waals surface area contributed by atoms with Gasteiger partial charge in [-0.3, -0.25) is 9.36 Å². The summed E-state index contributed by atoms with van der Waals surface area (Å²) in [5, 5.41) is 11.4. The maximum atomic E-state index is 13.2. The first-order chi connectivity index (χ1) is 18.3. The Balaban J connectivity index is 1.29. The van der Waals surface area contributed by atoms with E-state index in [0.29, 0.717) is 31.1 Å². The Kier molecular flexibility index (Phi) is 6.99. The van der Waals surface area contributed by atoms with Gasteiger partial charge < -0.3 is 15.0 Å². The SMILES string of the molecule is COc1ccc(C(F)(F)F)cc1NC(=O)C1CCCN(c2ccc(-n3ccnc3-c3ccccc3)nn2)C1. The van der Waals surface area contributed by atoms with Crippen LogP contribution in [0, 0.1) is 5.92 Å². The standard InChI is InChI=1S/C27H25F3N6O2/c1-38-22-10-9-20(27(28,29)30)16-21(22)32-26(37)19-8-5-14-35(17-19)23-11-12-24(34-33-23)36-15-13-31-25(36)18-6-3-2-4-7-18/h2-4,6-7,9-13,15-16,19H,5,8,14,17H2,1H3,(H,32,37). The van der Waals surface area contributed by atoms with E-state index in [9.17, 15) is 18.0 Å². The smallest absolute Gasteiger partial charge is 0.416 e. The molecule has 1 unspecified atom stereocenters. The van der Waals surface area contributed by atoms with Crippen molar-refractivity contribution >= 4 is 17.4 Å². The molecule has 1 amide bonds. The highest BCUT2D eigenvalue weighted by Crippen LogP contribution is 2.35. The number of piperidine rings is 1. The Morgan fingerprint density at radius 2 is 1.82 bits per heavy atom. The lowest BCUT2D eigenvalue weighted by Crippen LogP contribution is -2.41. The summed E-state index contributed by atoms with van der Waals surface area (Å²) >= 11 is 0. The summed E-state index contributed by atoms with van der Waals surface area (Å²) in [5.41, 5.74) is 0.0800. The average Bonchev–Trinajstić information content (AvgIpc) is 3.43. The van der Waals surface area contributed by atoms with Crippen molar-refractivity contribution in [3.05, 3.63) is 78.6 Å². The molecular weight excluding hydrogens is 497 g/mol. The van der Waals surface area contributed by atoms with Crippen LogP contribution in [0.5, 0.6) is 5.75 Å². The van der Waals surface area contributed by atoms with Gasteiger partial charge >= 0.3 is 6.18 Å². The number of benzene rings is 2. The van der Waals surface area contributed by atoms with Gasteiger partial charge in [0.15, 0.2) is 11.6 Å². The van der Waals surface area contributed by atoms with E-state index in [2.05, 4.69) is 20.5 Å². The van der Waals surface area contributed by atoms with Crippen LogP contribution in [0.2, 0.25) is 0 Å². The number of nitrogens with zero attached hydrogens (tertiary/aromatic N) is 5. The van der Waals surface area contributed by atoms with Gasteiger partial charge in [0.05, 0.1) is 24.3 Å². The second kappa shape index (κ2) is 10.5. The quantitative estimate of drug-likeness (QED) is 0.374. The summed E-state index contributed by atoms with van der Waals surface area (Å²) in [7, 11) is 1.34. The Morgan fingerprint density at radius 3 is 2.53 bits per heavy atom. The van der Waals surface area contributed by atoms with Crippen molar-refractivity contribution in [2.45, 2.75) is 19.0 Å². The van der Waals surface area contributed by atoms with Crippen molar-refractivity contribution in [3.63, 3.8) is 0 Å². The van der Waals surface area contributed by atoms with Crippen molar-refractivity contribution in [1.82, 2.24) is 19.7 Å². The molecule has 1 aliphatic rings. The van der Waals surface area contributed by atoms with Gasteiger partial charge in [0, 0.05) is 31.0 Å². The fourth-order valence-electron chi connectivity index (χ4n) is 4.52. The predicted octanol–water partition coefficient (Wildman–Crippen LogP) is 5.21. The van der Waals surface area contributed by atoms with Gasteiger partial charge in [-0.05, 0) is 43.2 Å². The molecule has 4 aromatic rings. The van der Waals surface area contributed by atoms with Crippen molar-refractivity contribution < 1.29 is 22.7 Å². The first kappa shape index (κ1) is 25.2. The van der Waals surface area contributed by atoms with Crippen molar-refractivity contribution in [2.24, 2.45) is 5.92 Å². The predicted molar refractivity (Wildman–Crippen MR) is 136 cm³/mol. The topological polar surface area (TPSA) is 85.2 Å². The highest BCUT2D eigenvalue weighted by atomic mass is 19.4. The number of aromatic nitrogens is 4. The van der Waals surface area contributed by atoms with Crippen molar-refractivity contribution in [2.75, 3.05) is 30.4 Å². The summed E-state index contributed by atoms with van der Waals surface area (Å²) in [6, 6.07) is 16.4. The van der Waals surface area contributed by atoms with Gasteiger partial charge in [-0.1, -0.05) is 30.3 Å². The molecule has 0 spiro atoms. The molecule has 196 valence electrons. The van der Waals surface area contributed by atoms with E-state index in [0.717, 1.165) is 29.9 Å². The van der Waals surface area contributed by atoms with Gasteiger partial charge in [-0.25, -0.2) is 4.98 Å². The molecule has 0 aliphatic carbocycles. The fraction of sp³-hybridized carbons (Fsp3) is 0.259. The van der Waals surface area contributed by atoms with Crippen LogP contribution >= 0.6 is 0 Å². The number of carbonyl (C=O) groups is 1. The Hall–Kier alpha value is -4.41. The summed E-state index contributed by atoms with van der Waals surface area (Å²) in [6.45, 7) is 1.05. The van der Waals surface area contributed by atoms with E-state index < -0.39 is 17.7 Å². The lowest BCUT2D eigenvalue weighted by Gasteiger charge is -2.32. The summed E-state index contributed by atoms with van der Waals surface area (Å²) in [6.07, 6.45) is 0.308. The molecule has 1 atom stereocenters. The van der Waals surface area contributed by atoms with E-state index in [1.54, 1.807) is 6.20 Å². The van der Waals surface area contributed by atoms with Crippen LogP contribution in [0.25, 0.3) is 17.2 Å². The van der Waals surface area contributed by atoms with Gasteiger partial charge in [0.25, 0.3) is 0 Å². The molecule has 0 saturated carbocycles. The number of alkyl halides is 3. The molecule has 1 fully saturated rings. The molecule has 38 heavy (non-hydrogen) atoms. The fourth-order valence-corrected chi connectivity index (χ4v) is 4.52. The molecule has 2 aromatic heterocycles. The number of methoxy groups -OCH3 is 1. The molecular formula is C27H25F3N6O2.